The first-order valence-corrected chi connectivity index (χ1v) is 7.48. The van der Waals surface area contributed by atoms with Gasteiger partial charge in [-0.15, -0.1) is 0 Å². The number of aryl methyl sites for hydroxylation is 1. The monoisotopic (exact) mass is 259 g/mol. The van der Waals surface area contributed by atoms with E-state index in [1.807, 2.05) is 6.26 Å². The van der Waals surface area contributed by atoms with Crippen molar-refractivity contribution in [3.05, 3.63) is 47.2 Å². The summed E-state index contributed by atoms with van der Waals surface area (Å²) in [6, 6.07) is 9.07. The van der Waals surface area contributed by atoms with E-state index >= 15 is 0 Å². The Balaban J connectivity index is 2.27. The second-order valence-electron chi connectivity index (χ2n) is 5.11. The average molecular weight is 259 g/mol. The van der Waals surface area contributed by atoms with Gasteiger partial charge in [0, 0.05) is 0 Å². The third-order valence-corrected chi connectivity index (χ3v) is 3.68. The number of rotatable bonds is 6. The fourth-order valence-electron chi connectivity index (χ4n) is 2.66. The maximum Gasteiger partial charge on any atom is 0.0876 e. The molecule has 0 saturated carbocycles. The maximum atomic E-state index is 5.54. The molecular weight excluding hydrogens is 234 g/mol. The molecule has 0 amide bonds. The van der Waals surface area contributed by atoms with Crippen molar-refractivity contribution in [2.45, 2.75) is 45.6 Å². The van der Waals surface area contributed by atoms with Crippen LogP contribution in [0.5, 0.6) is 0 Å². The number of ether oxygens (including phenoxy) is 1. The molecule has 0 spiro atoms. The van der Waals surface area contributed by atoms with Gasteiger partial charge in [-0.3, -0.25) is 0 Å². The van der Waals surface area contributed by atoms with Gasteiger partial charge in [-0.25, -0.2) is 0 Å². The van der Waals surface area contributed by atoms with E-state index in [2.05, 4.69) is 43.4 Å². The zero-order chi connectivity index (χ0) is 13.5. The van der Waals surface area contributed by atoms with Crippen LogP contribution in [0.3, 0.4) is 0 Å². The van der Waals surface area contributed by atoms with Crippen LogP contribution in [0.2, 0.25) is 0 Å². The molecule has 1 aromatic carbocycles. The van der Waals surface area contributed by atoms with Gasteiger partial charge < -0.3 is 10.1 Å². The quantitative estimate of drug-likeness (QED) is 0.834. The highest BCUT2D eigenvalue weighted by atomic mass is 16.5. The van der Waals surface area contributed by atoms with E-state index in [9.17, 15) is 0 Å². The van der Waals surface area contributed by atoms with Crippen LogP contribution in [0.1, 0.15) is 50.3 Å². The lowest BCUT2D eigenvalue weighted by Gasteiger charge is -2.26. The van der Waals surface area contributed by atoms with Crippen LogP contribution in [0.15, 0.2) is 36.1 Å². The molecule has 0 fully saturated rings. The van der Waals surface area contributed by atoms with Crippen LogP contribution < -0.4 is 5.32 Å². The fourth-order valence-corrected chi connectivity index (χ4v) is 2.66. The predicted molar refractivity (Wildman–Crippen MR) is 80.1 cm³/mol. The molecular formula is C17H25NO. The van der Waals surface area contributed by atoms with Crippen molar-refractivity contribution in [2.24, 2.45) is 0 Å². The zero-order valence-electron chi connectivity index (χ0n) is 12.1. The highest BCUT2D eigenvalue weighted by Gasteiger charge is 2.20. The molecule has 1 aliphatic heterocycles. The SMILES string of the molecule is CCCNC(C1=COCCC1)c1ccccc1CC. The van der Waals surface area contributed by atoms with Crippen LogP contribution in [0.4, 0.5) is 0 Å². The second kappa shape index (κ2) is 7.34. The molecule has 2 heteroatoms. The summed E-state index contributed by atoms with van der Waals surface area (Å²) in [5, 5.41) is 3.68. The minimum atomic E-state index is 0.316. The molecule has 2 nitrogen and oxygen atoms in total. The molecule has 0 saturated heterocycles. The van der Waals surface area contributed by atoms with E-state index in [1.54, 1.807) is 0 Å². The number of nitrogens with one attached hydrogen (secondary N) is 1. The van der Waals surface area contributed by atoms with Gasteiger partial charge in [-0.1, -0.05) is 38.1 Å². The molecule has 0 aromatic heterocycles. The third kappa shape index (κ3) is 3.60. The highest BCUT2D eigenvalue weighted by Crippen LogP contribution is 2.30. The summed E-state index contributed by atoms with van der Waals surface area (Å²) in [6.07, 6.45) is 6.47. The van der Waals surface area contributed by atoms with Gasteiger partial charge in [0.15, 0.2) is 0 Å². The standard InChI is InChI=1S/C17H25NO/c1-3-11-18-17(15-9-7-12-19-13-15)16-10-6-5-8-14(16)4-2/h5-6,8,10,13,17-18H,3-4,7,9,11-12H2,1-2H3. The summed E-state index contributed by atoms with van der Waals surface area (Å²) < 4.78 is 5.54. The van der Waals surface area contributed by atoms with Crippen molar-refractivity contribution >= 4 is 0 Å². The van der Waals surface area contributed by atoms with E-state index in [4.69, 9.17) is 4.74 Å². The van der Waals surface area contributed by atoms with Crippen molar-refractivity contribution in [1.82, 2.24) is 5.32 Å². The topological polar surface area (TPSA) is 21.3 Å². The van der Waals surface area contributed by atoms with Gasteiger partial charge >= 0.3 is 0 Å². The molecule has 2 rings (SSSR count). The van der Waals surface area contributed by atoms with Crippen LogP contribution in [-0.4, -0.2) is 13.2 Å². The van der Waals surface area contributed by atoms with E-state index in [-0.39, 0.29) is 0 Å². The first-order valence-electron chi connectivity index (χ1n) is 7.48. The largest absolute Gasteiger partial charge is 0.501 e. The lowest BCUT2D eigenvalue weighted by atomic mass is 9.91. The lowest BCUT2D eigenvalue weighted by molar-refractivity contribution is 0.219. The first-order chi connectivity index (χ1) is 9.36. The smallest absolute Gasteiger partial charge is 0.0876 e. The Morgan fingerprint density at radius 2 is 2.11 bits per heavy atom. The fraction of sp³-hybridized carbons (Fsp3) is 0.529. The minimum Gasteiger partial charge on any atom is -0.501 e. The van der Waals surface area contributed by atoms with Gasteiger partial charge in [0.1, 0.15) is 0 Å². The summed E-state index contributed by atoms with van der Waals surface area (Å²) in [7, 11) is 0. The Labute approximate surface area is 116 Å². The van der Waals surface area contributed by atoms with Crippen LogP contribution >= 0.6 is 0 Å². The Morgan fingerprint density at radius 1 is 1.26 bits per heavy atom. The van der Waals surface area contributed by atoms with E-state index in [1.165, 1.54) is 16.7 Å². The molecule has 1 N–H and O–H groups in total. The Morgan fingerprint density at radius 3 is 2.79 bits per heavy atom. The molecule has 0 radical (unpaired) electrons. The molecule has 0 aliphatic carbocycles. The molecule has 1 aliphatic rings. The van der Waals surface area contributed by atoms with Crippen LogP contribution in [0, 0.1) is 0 Å². The van der Waals surface area contributed by atoms with E-state index in [0.29, 0.717) is 6.04 Å². The lowest BCUT2D eigenvalue weighted by Crippen LogP contribution is -2.26. The van der Waals surface area contributed by atoms with Crippen molar-refractivity contribution in [3.63, 3.8) is 0 Å². The van der Waals surface area contributed by atoms with Crippen LogP contribution in [-0.2, 0) is 11.2 Å². The predicted octanol–water partition coefficient (Wildman–Crippen LogP) is 3.98. The van der Waals surface area contributed by atoms with E-state index in [0.717, 1.165) is 38.8 Å². The highest BCUT2D eigenvalue weighted by molar-refractivity contribution is 5.35. The van der Waals surface area contributed by atoms with Crippen molar-refractivity contribution < 1.29 is 4.74 Å². The molecule has 1 atom stereocenters. The third-order valence-electron chi connectivity index (χ3n) is 3.68. The molecule has 1 heterocycles. The molecule has 1 unspecified atom stereocenters. The van der Waals surface area contributed by atoms with Crippen molar-refractivity contribution in [2.75, 3.05) is 13.2 Å². The van der Waals surface area contributed by atoms with Gasteiger partial charge in [0.25, 0.3) is 0 Å². The first kappa shape index (κ1) is 14.1. The van der Waals surface area contributed by atoms with Gasteiger partial charge in [0.05, 0.1) is 18.9 Å². The molecule has 104 valence electrons. The van der Waals surface area contributed by atoms with Gasteiger partial charge in [0.2, 0.25) is 0 Å². The number of hydrogen-bond donors (Lipinski definition) is 1. The minimum absolute atomic E-state index is 0.316. The Hall–Kier alpha value is -1.28. The average Bonchev–Trinajstić information content (AvgIpc) is 2.49. The van der Waals surface area contributed by atoms with E-state index < -0.39 is 0 Å². The summed E-state index contributed by atoms with van der Waals surface area (Å²) in [6.45, 7) is 6.34. The molecule has 1 aromatic rings. The Kier molecular flexibility index (Phi) is 5.46. The summed E-state index contributed by atoms with van der Waals surface area (Å²) in [5.41, 5.74) is 4.23. The van der Waals surface area contributed by atoms with Crippen LogP contribution in [0.25, 0.3) is 0 Å². The summed E-state index contributed by atoms with van der Waals surface area (Å²) in [4.78, 5) is 0. The molecule has 0 bridgehead atoms. The summed E-state index contributed by atoms with van der Waals surface area (Å²) in [5.74, 6) is 0. The Bertz CT molecular complexity index is 425. The van der Waals surface area contributed by atoms with Crippen molar-refractivity contribution in [3.8, 4) is 0 Å². The second-order valence-corrected chi connectivity index (χ2v) is 5.11. The normalized spacial score (nSPS) is 16.6. The van der Waals surface area contributed by atoms with Crippen molar-refractivity contribution in [1.29, 1.82) is 0 Å². The molecule has 19 heavy (non-hydrogen) atoms. The summed E-state index contributed by atoms with van der Waals surface area (Å²) >= 11 is 0. The number of hydrogen-bond acceptors (Lipinski definition) is 2. The zero-order valence-corrected chi connectivity index (χ0v) is 12.1. The van der Waals surface area contributed by atoms with Gasteiger partial charge in [-0.05, 0) is 48.9 Å². The maximum absolute atomic E-state index is 5.54. The number of benzene rings is 1. The van der Waals surface area contributed by atoms with Gasteiger partial charge in [-0.2, -0.15) is 0 Å².